The minimum absolute atomic E-state index is 0.00156. The fourth-order valence-electron chi connectivity index (χ4n) is 3.21. The zero-order valence-electron chi connectivity index (χ0n) is 16.0. The lowest BCUT2D eigenvalue weighted by Crippen LogP contribution is -2.40. The standard InChI is InChI=1S/C19H17Cl2FN2O6S/c20-15-2-1-3-17(22)14(15)11-30-19(25)12-6-8-23(9-7-12)31(28,29)18-10-13(24(26)27)4-5-16(18)21/h1-5,10,12H,6-9,11H2. The third-order valence-electron chi connectivity index (χ3n) is 4.95. The molecule has 1 aliphatic rings. The van der Waals surface area contributed by atoms with Gasteiger partial charge in [-0.3, -0.25) is 14.9 Å². The van der Waals surface area contributed by atoms with Crippen LogP contribution in [-0.4, -0.2) is 36.7 Å². The molecule has 1 fully saturated rings. The number of halogens is 3. The van der Waals surface area contributed by atoms with Gasteiger partial charge in [0.2, 0.25) is 10.0 Å². The predicted octanol–water partition coefficient (Wildman–Crippen LogP) is 4.18. The van der Waals surface area contributed by atoms with E-state index in [0.717, 1.165) is 22.5 Å². The number of esters is 1. The van der Waals surface area contributed by atoms with Crippen LogP contribution in [0.1, 0.15) is 18.4 Å². The maximum Gasteiger partial charge on any atom is 0.309 e. The summed E-state index contributed by atoms with van der Waals surface area (Å²) in [5.74, 6) is -1.74. The number of carbonyl (C=O) groups is 1. The smallest absolute Gasteiger partial charge is 0.309 e. The second kappa shape index (κ2) is 9.47. The number of non-ortho nitro benzene ring substituents is 1. The Morgan fingerprint density at radius 1 is 1.19 bits per heavy atom. The van der Waals surface area contributed by atoms with Crippen molar-refractivity contribution in [3.8, 4) is 0 Å². The van der Waals surface area contributed by atoms with Gasteiger partial charge in [-0.25, -0.2) is 12.8 Å². The third kappa shape index (κ3) is 5.15. The number of nitro benzene ring substituents is 1. The molecule has 0 N–H and O–H groups in total. The lowest BCUT2D eigenvalue weighted by molar-refractivity contribution is -0.385. The van der Waals surface area contributed by atoms with Gasteiger partial charge in [-0.05, 0) is 31.0 Å². The van der Waals surface area contributed by atoms with E-state index in [0.29, 0.717) is 0 Å². The first-order chi connectivity index (χ1) is 14.6. The summed E-state index contributed by atoms with van der Waals surface area (Å²) in [6.45, 7) is -0.324. The summed E-state index contributed by atoms with van der Waals surface area (Å²) in [4.78, 5) is 22.2. The average Bonchev–Trinajstić information content (AvgIpc) is 2.73. The quantitative estimate of drug-likeness (QED) is 0.341. The minimum Gasteiger partial charge on any atom is -0.460 e. The van der Waals surface area contributed by atoms with E-state index in [1.54, 1.807) is 0 Å². The molecule has 0 unspecified atom stereocenters. The van der Waals surface area contributed by atoms with E-state index < -0.39 is 38.3 Å². The molecule has 1 aliphatic heterocycles. The van der Waals surface area contributed by atoms with E-state index in [2.05, 4.69) is 0 Å². The molecular weight excluding hydrogens is 474 g/mol. The zero-order valence-corrected chi connectivity index (χ0v) is 18.3. The van der Waals surface area contributed by atoms with Gasteiger partial charge in [0.15, 0.2) is 0 Å². The Balaban J connectivity index is 1.64. The fourth-order valence-corrected chi connectivity index (χ4v) is 5.39. The Hall–Kier alpha value is -2.27. The van der Waals surface area contributed by atoms with Crippen LogP contribution in [0.2, 0.25) is 10.0 Å². The number of nitro groups is 1. The summed E-state index contributed by atoms with van der Waals surface area (Å²) in [5.41, 5.74) is -0.328. The Labute approximate surface area is 187 Å². The number of sulfonamides is 1. The molecule has 0 saturated carbocycles. The number of carbonyl (C=O) groups excluding carboxylic acids is 1. The summed E-state index contributed by atoms with van der Waals surface area (Å²) in [5, 5.41) is 11.0. The maximum atomic E-state index is 13.8. The van der Waals surface area contributed by atoms with Crippen LogP contribution < -0.4 is 0 Å². The first-order valence-electron chi connectivity index (χ1n) is 9.15. The van der Waals surface area contributed by atoms with Crippen molar-refractivity contribution < 1.29 is 27.3 Å². The summed E-state index contributed by atoms with van der Waals surface area (Å²) in [6.07, 6.45) is 0.352. The van der Waals surface area contributed by atoms with Crippen LogP contribution in [0.3, 0.4) is 0 Å². The molecule has 0 aliphatic carbocycles. The summed E-state index contributed by atoms with van der Waals surface area (Å²) in [7, 11) is -4.09. The van der Waals surface area contributed by atoms with E-state index in [1.807, 2.05) is 0 Å². The van der Waals surface area contributed by atoms with Crippen LogP contribution in [0.15, 0.2) is 41.3 Å². The lowest BCUT2D eigenvalue weighted by Gasteiger charge is -2.30. The number of benzene rings is 2. The van der Waals surface area contributed by atoms with Crippen molar-refractivity contribution in [2.75, 3.05) is 13.1 Å². The Kier molecular flexibility index (Phi) is 7.15. The van der Waals surface area contributed by atoms with Gasteiger partial charge in [-0.2, -0.15) is 4.31 Å². The zero-order chi connectivity index (χ0) is 22.8. The summed E-state index contributed by atoms with van der Waals surface area (Å²) < 4.78 is 45.9. The molecule has 1 saturated heterocycles. The number of rotatable bonds is 6. The normalized spacial score (nSPS) is 15.6. The maximum absolute atomic E-state index is 13.8. The van der Waals surface area contributed by atoms with Gasteiger partial charge >= 0.3 is 5.97 Å². The summed E-state index contributed by atoms with van der Waals surface area (Å²) >= 11 is 11.9. The molecule has 2 aromatic rings. The first-order valence-corrected chi connectivity index (χ1v) is 11.3. The highest BCUT2D eigenvalue weighted by molar-refractivity contribution is 7.89. The SMILES string of the molecule is O=C(OCc1c(F)cccc1Cl)C1CCN(S(=O)(=O)c2cc([N+](=O)[O-])ccc2Cl)CC1. The van der Waals surface area contributed by atoms with E-state index in [4.69, 9.17) is 27.9 Å². The highest BCUT2D eigenvalue weighted by atomic mass is 35.5. The van der Waals surface area contributed by atoms with Gasteiger partial charge < -0.3 is 4.74 Å². The highest BCUT2D eigenvalue weighted by Crippen LogP contribution is 2.31. The number of piperidine rings is 1. The largest absolute Gasteiger partial charge is 0.460 e. The predicted molar refractivity (Wildman–Crippen MR) is 111 cm³/mol. The van der Waals surface area contributed by atoms with E-state index >= 15 is 0 Å². The number of hydrogen-bond donors (Lipinski definition) is 0. The third-order valence-corrected chi connectivity index (χ3v) is 7.69. The first kappa shape index (κ1) is 23.4. The number of nitrogens with zero attached hydrogens (tertiary/aromatic N) is 2. The molecule has 0 spiro atoms. The Morgan fingerprint density at radius 2 is 1.87 bits per heavy atom. The van der Waals surface area contributed by atoms with Crippen LogP contribution in [0, 0.1) is 21.8 Å². The van der Waals surface area contributed by atoms with Crippen molar-refractivity contribution in [1.82, 2.24) is 4.31 Å². The molecule has 8 nitrogen and oxygen atoms in total. The molecule has 3 rings (SSSR count). The molecule has 12 heteroatoms. The number of hydrogen-bond acceptors (Lipinski definition) is 6. The van der Waals surface area contributed by atoms with Crippen LogP contribution >= 0.6 is 23.2 Å². The molecule has 0 radical (unpaired) electrons. The molecule has 2 aromatic carbocycles. The minimum atomic E-state index is -4.09. The van der Waals surface area contributed by atoms with Gasteiger partial charge in [0.25, 0.3) is 5.69 Å². The topological polar surface area (TPSA) is 107 Å². The van der Waals surface area contributed by atoms with Gasteiger partial charge in [0.05, 0.1) is 20.9 Å². The molecular formula is C19H17Cl2FN2O6S. The monoisotopic (exact) mass is 490 g/mol. The summed E-state index contributed by atoms with van der Waals surface area (Å²) in [6, 6.07) is 7.31. The van der Waals surface area contributed by atoms with Crippen molar-refractivity contribution in [3.05, 3.63) is 67.9 Å². The molecule has 31 heavy (non-hydrogen) atoms. The van der Waals surface area contributed by atoms with Gasteiger partial charge in [0.1, 0.15) is 17.3 Å². The van der Waals surface area contributed by atoms with Crippen LogP contribution in [0.5, 0.6) is 0 Å². The molecule has 0 amide bonds. The Morgan fingerprint density at radius 3 is 2.48 bits per heavy atom. The molecule has 0 bridgehead atoms. The van der Waals surface area contributed by atoms with Crippen molar-refractivity contribution in [1.29, 1.82) is 0 Å². The highest BCUT2D eigenvalue weighted by Gasteiger charge is 2.34. The van der Waals surface area contributed by atoms with Gasteiger partial charge in [0, 0.05) is 30.8 Å². The Bertz CT molecular complexity index is 1100. The van der Waals surface area contributed by atoms with Crippen LogP contribution in [0.25, 0.3) is 0 Å². The van der Waals surface area contributed by atoms with Crippen molar-refractivity contribution >= 4 is 44.9 Å². The molecule has 166 valence electrons. The van der Waals surface area contributed by atoms with Crippen molar-refractivity contribution in [3.63, 3.8) is 0 Å². The second-order valence-electron chi connectivity index (χ2n) is 6.86. The van der Waals surface area contributed by atoms with E-state index in [9.17, 15) is 27.7 Å². The van der Waals surface area contributed by atoms with Crippen LogP contribution in [-0.2, 0) is 26.2 Å². The van der Waals surface area contributed by atoms with E-state index in [-0.39, 0.29) is 53.0 Å². The van der Waals surface area contributed by atoms with E-state index in [1.165, 1.54) is 18.2 Å². The molecule has 0 atom stereocenters. The van der Waals surface area contributed by atoms with Gasteiger partial charge in [-0.1, -0.05) is 29.3 Å². The number of ether oxygens (including phenoxy) is 1. The molecule has 0 aromatic heterocycles. The fraction of sp³-hybridized carbons (Fsp3) is 0.316. The second-order valence-corrected chi connectivity index (χ2v) is 9.58. The van der Waals surface area contributed by atoms with Crippen LogP contribution in [0.4, 0.5) is 10.1 Å². The van der Waals surface area contributed by atoms with Gasteiger partial charge in [-0.15, -0.1) is 0 Å². The average molecular weight is 491 g/mol. The van der Waals surface area contributed by atoms with Crippen molar-refractivity contribution in [2.24, 2.45) is 5.92 Å². The van der Waals surface area contributed by atoms with Crippen molar-refractivity contribution in [2.45, 2.75) is 24.3 Å². The molecule has 1 heterocycles. The lowest BCUT2D eigenvalue weighted by atomic mass is 9.98.